The molecule has 1 fully saturated rings. The van der Waals surface area contributed by atoms with Gasteiger partial charge in [0.1, 0.15) is 12.7 Å². The van der Waals surface area contributed by atoms with Crippen LogP contribution < -0.4 is 0 Å². The second-order valence-corrected chi connectivity index (χ2v) is 4.77. The number of hydrogen-bond donors (Lipinski definition) is 0. The zero-order chi connectivity index (χ0) is 14.7. The molecule has 0 saturated carbocycles. The number of carbonyl (C=O) groups is 2. The summed E-state index contributed by atoms with van der Waals surface area (Å²) in [5.74, 6) is 4.81. The van der Waals surface area contributed by atoms with Crippen LogP contribution >= 0.6 is 0 Å². The fourth-order valence-corrected chi connectivity index (χ4v) is 2.12. The number of esters is 2. The quantitative estimate of drug-likeness (QED) is 0.411. The summed E-state index contributed by atoms with van der Waals surface area (Å²) in [5.41, 5.74) is 0.437. The minimum Gasteiger partial charge on any atom is -0.462 e. The Morgan fingerprint density at radius 1 is 1.00 bits per heavy atom. The van der Waals surface area contributed by atoms with Crippen molar-refractivity contribution in [2.75, 3.05) is 13.2 Å². The summed E-state index contributed by atoms with van der Waals surface area (Å²) in [4.78, 5) is 24.0. The lowest BCUT2D eigenvalue weighted by Gasteiger charge is -2.09. The molecule has 1 aromatic rings. The van der Waals surface area contributed by atoms with Crippen molar-refractivity contribution in [2.24, 2.45) is 0 Å². The van der Waals surface area contributed by atoms with Crippen molar-refractivity contribution < 1.29 is 23.8 Å². The van der Waals surface area contributed by atoms with Crippen LogP contribution in [0.5, 0.6) is 0 Å². The minimum absolute atomic E-state index is 0.0334. The lowest BCUT2D eigenvalue weighted by molar-refractivity contribution is 0.0454. The summed E-state index contributed by atoms with van der Waals surface area (Å²) in [6, 6.07) is 6.47. The summed E-state index contributed by atoms with van der Waals surface area (Å²) < 4.78 is 15.7. The van der Waals surface area contributed by atoms with Crippen molar-refractivity contribution in [3.63, 3.8) is 0 Å². The highest BCUT2D eigenvalue weighted by atomic mass is 16.6. The molecule has 108 valence electrons. The van der Waals surface area contributed by atoms with E-state index in [1.165, 1.54) is 0 Å². The maximum atomic E-state index is 12.0. The second kappa shape index (κ2) is 5.98. The molecule has 2 aliphatic rings. The highest BCUT2D eigenvalue weighted by Gasteiger charge is 2.37. The van der Waals surface area contributed by atoms with Crippen molar-refractivity contribution in [2.45, 2.75) is 25.0 Å². The molecule has 3 rings (SSSR count). The van der Waals surface area contributed by atoms with Gasteiger partial charge in [-0.3, -0.25) is 0 Å². The van der Waals surface area contributed by atoms with Gasteiger partial charge >= 0.3 is 11.9 Å². The first-order chi connectivity index (χ1) is 10.3. The Morgan fingerprint density at radius 2 is 1.67 bits per heavy atom. The van der Waals surface area contributed by atoms with E-state index < -0.39 is 11.9 Å². The normalized spacial score (nSPS) is 25.1. The first kappa shape index (κ1) is 13.7. The zero-order valence-corrected chi connectivity index (χ0v) is 11.3. The third-order valence-corrected chi connectivity index (χ3v) is 3.29. The van der Waals surface area contributed by atoms with Gasteiger partial charge in [0.25, 0.3) is 0 Å². The van der Waals surface area contributed by atoms with Crippen molar-refractivity contribution in [3.05, 3.63) is 35.4 Å². The van der Waals surface area contributed by atoms with Crippen LogP contribution in [0.1, 0.15) is 33.6 Å². The molecule has 0 spiro atoms. The summed E-state index contributed by atoms with van der Waals surface area (Å²) in [6.07, 6.45) is 1.00. The topological polar surface area (TPSA) is 65.1 Å². The first-order valence-corrected chi connectivity index (χ1v) is 6.83. The fourth-order valence-electron chi connectivity index (χ4n) is 2.12. The van der Waals surface area contributed by atoms with Gasteiger partial charge in [0.2, 0.25) is 0 Å². The highest BCUT2D eigenvalue weighted by molar-refractivity contribution is 6.03. The third kappa shape index (κ3) is 3.23. The van der Waals surface area contributed by atoms with Crippen LogP contribution in [0, 0.1) is 11.8 Å². The smallest absolute Gasteiger partial charge is 0.339 e. The lowest BCUT2D eigenvalue weighted by atomic mass is 10.1. The summed E-state index contributed by atoms with van der Waals surface area (Å²) in [5, 5.41) is 0. The van der Waals surface area contributed by atoms with E-state index in [1.807, 2.05) is 0 Å². The van der Waals surface area contributed by atoms with Crippen molar-refractivity contribution in [1.29, 1.82) is 0 Å². The number of rotatable bonds is 0. The number of fused-ring (bicyclic) bond motifs is 2. The Hall–Kier alpha value is -2.32. The van der Waals surface area contributed by atoms with E-state index in [1.54, 1.807) is 24.3 Å². The second-order valence-electron chi connectivity index (χ2n) is 4.77. The molecular weight excluding hydrogens is 272 g/mol. The SMILES string of the molecule is O=C1OCCC#C[C@H]2O[C@H]2CCOC(=O)c2ccccc21. The predicted octanol–water partition coefficient (Wildman–Crippen LogP) is 1.56. The van der Waals surface area contributed by atoms with E-state index in [0.29, 0.717) is 12.8 Å². The maximum Gasteiger partial charge on any atom is 0.339 e. The van der Waals surface area contributed by atoms with Crippen LogP contribution in [0.2, 0.25) is 0 Å². The number of ether oxygens (including phenoxy) is 3. The van der Waals surface area contributed by atoms with E-state index in [0.717, 1.165) is 0 Å². The van der Waals surface area contributed by atoms with E-state index >= 15 is 0 Å². The molecule has 2 aliphatic heterocycles. The molecule has 0 bridgehead atoms. The van der Waals surface area contributed by atoms with Gasteiger partial charge in [-0.05, 0) is 12.1 Å². The van der Waals surface area contributed by atoms with Crippen LogP contribution in [0.3, 0.4) is 0 Å². The molecular formula is C16H14O5. The van der Waals surface area contributed by atoms with Crippen LogP contribution in [0.25, 0.3) is 0 Å². The van der Waals surface area contributed by atoms with Crippen LogP contribution in [0.4, 0.5) is 0 Å². The molecule has 0 aromatic heterocycles. The van der Waals surface area contributed by atoms with Crippen molar-refractivity contribution in [3.8, 4) is 11.8 Å². The molecule has 2 heterocycles. The number of benzene rings is 1. The molecule has 21 heavy (non-hydrogen) atoms. The Balaban J connectivity index is 1.80. The Labute approximate surface area is 122 Å². The average Bonchev–Trinajstić information content (AvgIpc) is 3.24. The van der Waals surface area contributed by atoms with Gasteiger partial charge in [-0.1, -0.05) is 24.0 Å². The van der Waals surface area contributed by atoms with Gasteiger partial charge in [0, 0.05) is 12.8 Å². The molecule has 0 aliphatic carbocycles. The van der Waals surface area contributed by atoms with Crippen molar-refractivity contribution >= 4 is 11.9 Å². The summed E-state index contributed by atoms with van der Waals surface area (Å²) in [7, 11) is 0. The van der Waals surface area contributed by atoms with E-state index in [2.05, 4.69) is 11.8 Å². The highest BCUT2D eigenvalue weighted by Crippen LogP contribution is 2.24. The molecule has 2 atom stereocenters. The minimum atomic E-state index is -0.540. The Bertz CT molecular complexity index is 625. The lowest BCUT2D eigenvalue weighted by Crippen LogP contribution is -2.15. The average molecular weight is 286 g/mol. The van der Waals surface area contributed by atoms with Gasteiger partial charge in [0.05, 0.1) is 23.8 Å². The molecule has 0 radical (unpaired) electrons. The van der Waals surface area contributed by atoms with Crippen LogP contribution in [0.15, 0.2) is 24.3 Å². The Kier molecular flexibility index (Phi) is 3.89. The van der Waals surface area contributed by atoms with Crippen LogP contribution in [-0.4, -0.2) is 37.4 Å². The fraction of sp³-hybridized carbons (Fsp3) is 0.375. The molecule has 5 heteroatoms. The molecule has 0 N–H and O–H groups in total. The predicted molar refractivity (Wildman–Crippen MR) is 72.7 cm³/mol. The molecule has 5 nitrogen and oxygen atoms in total. The van der Waals surface area contributed by atoms with Crippen LogP contribution in [-0.2, 0) is 14.2 Å². The van der Waals surface area contributed by atoms with Gasteiger partial charge in [-0.2, -0.15) is 0 Å². The Morgan fingerprint density at radius 3 is 2.38 bits per heavy atom. The van der Waals surface area contributed by atoms with E-state index in [-0.39, 0.29) is 36.5 Å². The zero-order valence-electron chi connectivity index (χ0n) is 11.3. The molecule has 1 saturated heterocycles. The summed E-state index contributed by atoms with van der Waals surface area (Å²) in [6.45, 7) is 0.428. The molecule has 0 unspecified atom stereocenters. The monoisotopic (exact) mass is 286 g/mol. The number of carbonyl (C=O) groups excluding carboxylic acids is 2. The standard InChI is InChI=1S/C16H14O5/c17-15-11-5-1-2-6-12(11)16(18)20-10-8-14-13(21-14)7-3-4-9-19-15/h1-2,5-6,13-14H,4,8-10H2/t13-,14+/m1/s1. The van der Waals surface area contributed by atoms with E-state index in [4.69, 9.17) is 14.2 Å². The van der Waals surface area contributed by atoms with Gasteiger partial charge in [0.15, 0.2) is 0 Å². The van der Waals surface area contributed by atoms with Crippen molar-refractivity contribution in [1.82, 2.24) is 0 Å². The van der Waals surface area contributed by atoms with Gasteiger partial charge in [-0.15, -0.1) is 0 Å². The number of cyclic esters (lactones) is 2. The first-order valence-electron chi connectivity index (χ1n) is 6.83. The van der Waals surface area contributed by atoms with Gasteiger partial charge < -0.3 is 14.2 Å². The third-order valence-electron chi connectivity index (χ3n) is 3.29. The molecule has 0 amide bonds. The largest absolute Gasteiger partial charge is 0.462 e. The number of epoxide rings is 1. The van der Waals surface area contributed by atoms with Gasteiger partial charge in [-0.25, -0.2) is 9.59 Å². The van der Waals surface area contributed by atoms with E-state index in [9.17, 15) is 9.59 Å². The number of hydrogen-bond acceptors (Lipinski definition) is 5. The summed E-state index contributed by atoms with van der Waals surface area (Å²) >= 11 is 0. The molecule has 1 aromatic carbocycles. The maximum absolute atomic E-state index is 12.0.